The molecule has 1 saturated heterocycles. The molecule has 5 heteroatoms. The molecule has 3 rings (SSSR count). The summed E-state index contributed by atoms with van der Waals surface area (Å²) in [5.41, 5.74) is 3.74. The van der Waals surface area contributed by atoms with E-state index in [0.29, 0.717) is 13.1 Å². The zero-order valence-corrected chi connectivity index (χ0v) is 16.3. The topological polar surface area (TPSA) is 44.8 Å². The molecule has 1 aliphatic rings. The molecule has 0 aromatic heterocycles. The van der Waals surface area contributed by atoms with Gasteiger partial charge in [-0.2, -0.15) is 0 Å². The van der Waals surface area contributed by atoms with Gasteiger partial charge >= 0.3 is 0 Å². The monoisotopic (exact) mass is 367 g/mol. The molecule has 2 aromatic rings. The molecule has 0 atom stereocenters. The van der Waals surface area contributed by atoms with Crippen LogP contribution in [0.2, 0.25) is 0 Å². The van der Waals surface area contributed by atoms with Gasteiger partial charge in [0.1, 0.15) is 5.75 Å². The predicted molar refractivity (Wildman–Crippen MR) is 108 cm³/mol. The summed E-state index contributed by atoms with van der Waals surface area (Å²) in [6.45, 7) is 8.00. The van der Waals surface area contributed by atoms with Crippen LogP contribution in [0.3, 0.4) is 0 Å². The van der Waals surface area contributed by atoms with Gasteiger partial charge in [0.2, 0.25) is 5.91 Å². The number of hydrogen-bond donors (Lipinski definition) is 1. The molecule has 2 aromatic carbocycles. The number of amides is 1. The number of aryl methyl sites for hydroxylation is 1. The van der Waals surface area contributed by atoms with Crippen LogP contribution in [0.25, 0.3) is 0 Å². The Kier molecular flexibility index (Phi) is 6.85. The van der Waals surface area contributed by atoms with Gasteiger partial charge in [-0.15, -0.1) is 0 Å². The molecule has 0 bridgehead atoms. The molecule has 0 radical (unpaired) electrons. The largest absolute Gasteiger partial charge is 0.497 e. The molecule has 1 aliphatic heterocycles. The Morgan fingerprint density at radius 1 is 1.00 bits per heavy atom. The van der Waals surface area contributed by atoms with Gasteiger partial charge in [0.05, 0.1) is 13.7 Å². The lowest BCUT2D eigenvalue weighted by atomic mass is 10.1. The fourth-order valence-corrected chi connectivity index (χ4v) is 3.38. The molecule has 5 nitrogen and oxygen atoms in total. The van der Waals surface area contributed by atoms with Gasteiger partial charge in [-0.1, -0.05) is 42.0 Å². The number of hydrogen-bond acceptors (Lipinski definition) is 4. The fraction of sp³-hybridized carbons (Fsp3) is 0.409. The minimum Gasteiger partial charge on any atom is -0.497 e. The van der Waals surface area contributed by atoms with Crippen LogP contribution < -0.4 is 10.1 Å². The first kappa shape index (κ1) is 19.4. The Morgan fingerprint density at radius 3 is 2.37 bits per heavy atom. The number of rotatable bonds is 7. The lowest BCUT2D eigenvalue weighted by Crippen LogP contribution is -2.49. The van der Waals surface area contributed by atoms with Crippen molar-refractivity contribution in [1.82, 2.24) is 15.1 Å². The summed E-state index contributed by atoms with van der Waals surface area (Å²) in [5, 5.41) is 3.01. The maximum absolute atomic E-state index is 12.2. The molecule has 27 heavy (non-hydrogen) atoms. The minimum atomic E-state index is 0.0814. The van der Waals surface area contributed by atoms with E-state index in [2.05, 4.69) is 46.3 Å². The van der Waals surface area contributed by atoms with Crippen molar-refractivity contribution in [3.63, 3.8) is 0 Å². The van der Waals surface area contributed by atoms with E-state index in [4.69, 9.17) is 4.74 Å². The van der Waals surface area contributed by atoms with Crippen LogP contribution in [0, 0.1) is 6.92 Å². The highest BCUT2D eigenvalue weighted by atomic mass is 16.5. The van der Waals surface area contributed by atoms with Gasteiger partial charge in [-0.25, -0.2) is 0 Å². The number of nitrogens with one attached hydrogen (secondary N) is 1. The van der Waals surface area contributed by atoms with Crippen molar-refractivity contribution in [3.8, 4) is 5.75 Å². The van der Waals surface area contributed by atoms with E-state index < -0.39 is 0 Å². The van der Waals surface area contributed by atoms with E-state index in [1.165, 1.54) is 11.1 Å². The summed E-state index contributed by atoms with van der Waals surface area (Å²) in [6.07, 6.45) is 0. The Morgan fingerprint density at radius 2 is 1.70 bits per heavy atom. The zero-order chi connectivity index (χ0) is 19.1. The van der Waals surface area contributed by atoms with Crippen molar-refractivity contribution in [1.29, 1.82) is 0 Å². The maximum Gasteiger partial charge on any atom is 0.234 e. The smallest absolute Gasteiger partial charge is 0.234 e. The molecule has 1 N–H and O–H groups in total. The van der Waals surface area contributed by atoms with Gasteiger partial charge < -0.3 is 10.1 Å². The van der Waals surface area contributed by atoms with Crippen LogP contribution >= 0.6 is 0 Å². The van der Waals surface area contributed by atoms with Crippen molar-refractivity contribution < 1.29 is 9.53 Å². The summed E-state index contributed by atoms with van der Waals surface area (Å²) in [5.74, 6) is 0.909. The van der Waals surface area contributed by atoms with Gasteiger partial charge in [0.25, 0.3) is 0 Å². The number of piperazine rings is 1. The molecule has 1 heterocycles. The number of carbonyl (C=O) groups is 1. The van der Waals surface area contributed by atoms with E-state index >= 15 is 0 Å². The van der Waals surface area contributed by atoms with Crippen molar-refractivity contribution in [2.24, 2.45) is 0 Å². The minimum absolute atomic E-state index is 0.0814. The lowest BCUT2D eigenvalue weighted by molar-refractivity contribution is -0.122. The molecule has 0 saturated carbocycles. The third-order valence-corrected chi connectivity index (χ3v) is 4.97. The molecule has 1 amide bonds. The molecule has 0 unspecified atom stereocenters. The van der Waals surface area contributed by atoms with Crippen molar-refractivity contribution in [3.05, 3.63) is 65.2 Å². The summed E-state index contributed by atoms with van der Waals surface area (Å²) in [4.78, 5) is 16.9. The average molecular weight is 367 g/mol. The van der Waals surface area contributed by atoms with Crippen LogP contribution in [0.5, 0.6) is 5.75 Å². The van der Waals surface area contributed by atoms with Crippen molar-refractivity contribution >= 4 is 5.91 Å². The first-order chi connectivity index (χ1) is 13.1. The lowest BCUT2D eigenvalue weighted by Gasteiger charge is -2.34. The highest BCUT2D eigenvalue weighted by Gasteiger charge is 2.19. The molecular formula is C22H29N3O2. The van der Waals surface area contributed by atoms with Gasteiger partial charge in [0, 0.05) is 39.3 Å². The first-order valence-corrected chi connectivity index (χ1v) is 9.52. The second-order valence-corrected chi connectivity index (χ2v) is 7.17. The number of methoxy groups -OCH3 is 1. The highest BCUT2D eigenvalue weighted by molar-refractivity contribution is 5.78. The SMILES string of the molecule is COc1ccc(CNC(=O)CN2CCN(Cc3cccc(C)c3)CC2)cc1. The van der Waals surface area contributed by atoms with Gasteiger partial charge in [0.15, 0.2) is 0 Å². The van der Waals surface area contributed by atoms with E-state index in [9.17, 15) is 4.79 Å². The average Bonchev–Trinajstić information content (AvgIpc) is 2.68. The summed E-state index contributed by atoms with van der Waals surface area (Å²) in [6, 6.07) is 16.5. The van der Waals surface area contributed by atoms with Crippen LogP contribution in [0.4, 0.5) is 0 Å². The summed E-state index contributed by atoms with van der Waals surface area (Å²) in [7, 11) is 1.65. The summed E-state index contributed by atoms with van der Waals surface area (Å²) < 4.78 is 5.15. The third-order valence-electron chi connectivity index (χ3n) is 4.97. The fourth-order valence-electron chi connectivity index (χ4n) is 3.38. The van der Waals surface area contributed by atoms with Gasteiger partial charge in [-0.3, -0.25) is 14.6 Å². The van der Waals surface area contributed by atoms with Crippen molar-refractivity contribution in [2.45, 2.75) is 20.0 Å². The van der Waals surface area contributed by atoms with Crippen LogP contribution in [-0.2, 0) is 17.9 Å². The van der Waals surface area contributed by atoms with E-state index in [-0.39, 0.29) is 5.91 Å². The van der Waals surface area contributed by atoms with E-state index in [0.717, 1.165) is 44.0 Å². The second kappa shape index (κ2) is 9.53. The third kappa shape index (κ3) is 6.08. The molecule has 1 fully saturated rings. The Labute approximate surface area is 161 Å². The molecule has 0 aliphatic carbocycles. The quantitative estimate of drug-likeness (QED) is 0.816. The molecular weight excluding hydrogens is 338 g/mol. The first-order valence-electron chi connectivity index (χ1n) is 9.52. The zero-order valence-electron chi connectivity index (χ0n) is 16.3. The van der Waals surface area contributed by atoms with Crippen LogP contribution in [0.15, 0.2) is 48.5 Å². The summed E-state index contributed by atoms with van der Waals surface area (Å²) >= 11 is 0. The predicted octanol–water partition coefficient (Wildman–Crippen LogP) is 2.44. The normalized spacial score (nSPS) is 15.5. The van der Waals surface area contributed by atoms with Crippen molar-refractivity contribution in [2.75, 3.05) is 39.8 Å². The second-order valence-electron chi connectivity index (χ2n) is 7.17. The van der Waals surface area contributed by atoms with Crippen LogP contribution in [0.1, 0.15) is 16.7 Å². The maximum atomic E-state index is 12.2. The standard InChI is InChI=1S/C22H29N3O2/c1-18-4-3-5-20(14-18)16-24-10-12-25(13-11-24)17-22(26)23-15-19-6-8-21(27-2)9-7-19/h3-9,14H,10-13,15-17H2,1-2H3,(H,23,26). The van der Waals surface area contributed by atoms with E-state index in [1.54, 1.807) is 7.11 Å². The molecule has 0 spiro atoms. The number of ether oxygens (including phenoxy) is 1. The Hall–Kier alpha value is -2.37. The van der Waals surface area contributed by atoms with Crippen LogP contribution in [-0.4, -0.2) is 55.5 Å². The molecule has 144 valence electrons. The number of nitrogens with zero attached hydrogens (tertiary/aromatic N) is 2. The van der Waals surface area contributed by atoms with E-state index in [1.807, 2.05) is 24.3 Å². The highest BCUT2D eigenvalue weighted by Crippen LogP contribution is 2.12. The number of carbonyl (C=O) groups excluding carboxylic acids is 1. The number of benzene rings is 2. The van der Waals surface area contributed by atoms with Gasteiger partial charge in [-0.05, 0) is 30.2 Å². The Bertz CT molecular complexity index is 737. The Balaban J connectivity index is 1.37.